The lowest BCUT2D eigenvalue weighted by atomic mass is 9.56. The quantitative estimate of drug-likeness (QED) is 0.157. The number of rotatable bonds is 8. The molecule has 0 saturated heterocycles. The summed E-state index contributed by atoms with van der Waals surface area (Å²) < 4.78 is 24.4. The third kappa shape index (κ3) is 6.79. The molecule has 0 amide bonds. The number of hydrogen-bond acceptors (Lipinski definition) is 10. The van der Waals surface area contributed by atoms with Crippen molar-refractivity contribution in [3.63, 3.8) is 0 Å². The van der Waals surface area contributed by atoms with E-state index in [-0.39, 0.29) is 24.8 Å². The molecule has 0 aromatic heterocycles. The van der Waals surface area contributed by atoms with Gasteiger partial charge in [-0.15, -0.1) is 0 Å². The SMILES string of the molecule is C=C1[C@H]2C[C@]3(C(C)(C)O)C[C@H](O)C(C)=C3[C@@H](OC(=O)c3ccccc3)[C@H](OC(C)=O)[C@@]2(C)[C@@H](OC(C)=O)C[C@H]1OC(=O)C=Cc1ccccc1. The summed E-state index contributed by atoms with van der Waals surface area (Å²) in [6.07, 6.45) is -2.51. The van der Waals surface area contributed by atoms with Gasteiger partial charge >= 0.3 is 23.9 Å². The Balaban J connectivity index is 1.68. The van der Waals surface area contributed by atoms with Gasteiger partial charge in [-0.25, -0.2) is 9.59 Å². The molecule has 50 heavy (non-hydrogen) atoms. The van der Waals surface area contributed by atoms with Crippen molar-refractivity contribution in [2.45, 2.75) is 96.9 Å². The number of aliphatic hydroxyl groups is 2. The second-order valence-electron chi connectivity index (χ2n) is 14.4. The van der Waals surface area contributed by atoms with E-state index in [1.807, 2.05) is 30.3 Å². The molecule has 5 rings (SSSR count). The number of carbonyl (C=O) groups is 4. The maximum atomic E-state index is 13.8. The van der Waals surface area contributed by atoms with Crippen molar-refractivity contribution >= 4 is 30.0 Å². The minimum absolute atomic E-state index is 0.0242. The van der Waals surface area contributed by atoms with Crippen molar-refractivity contribution in [1.82, 2.24) is 0 Å². The average molecular weight is 687 g/mol. The predicted molar refractivity (Wildman–Crippen MR) is 184 cm³/mol. The van der Waals surface area contributed by atoms with Crippen LogP contribution in [0.4, 0.5) is 0 Å². The molecule has 8 atom stereocenters. The van der Waals surface area contributed by atoms with Crippen molar-refractivity contribution in [3.05, 3.63) is 101 Å². The highest BCUT2D eigenvalue weighted by Crippen LogP contribution is 2.65. The van der Waals surface area contributed by atoms with Gasteiger partial charge in [0.15, 0.2) is 12.2 Å². The molecule has 0 radical (unpaired) electrons. The molecular formula is C40H46O10. The van der Waals surface area contributed by atoms with Crippen LogP contribution in [-0.2, 0) is 33.3 Å². The van der Waals surface area contributed by atoms with E-state index in [1.165, 1.54) is 19.9 Å². The van der Waals surface area contributed by atoms with E-state index in [0.717, 1.165) is 5.56 Å². The summed E-state index contributed by atoms with van der Waals surface area (Å²) >= 11 is 0. The lowest BCUT2D eigenvalue weighted by Crippen LogP contribution is -2.60. The Hall–Kier alpha value is -4.54. The van der Waals surface area contributed by atoms with Gasteiger partial charge in [-0.05, 0) is 80.0 Å². The first kappa shape index (κ1) is 36.7. The number of carbonyl (C=O) groups excluding carboxylic acids is 4. The van der Waals surface area contributed by atoms with Crippen LogP contribution < -0.4 is 0 Å². The van der Waals surface area contributed by atoms with Crippen LogP contribution in [0, 0.1) is 16.7 Å². The van der Waals surface area contributed by atoms with Crippen LogP contribution in [0.2, 0.25) is 0 Å². The monoisotopic (exact) mass is 686 g/mol. The normalized spacial score (nSPS) is 30.9. The molecule has 0 aliphatic heterocycles. The van der Waals surface area contributed by atoms with Gasteiger partial charge in [-0.2, -0.15) is 0 Å². The zero-order valence-corrected chi connectivity index (χ0v) is 29.4. The molecule has 2 fully saturated rings. The third-order valence-corrected chi connectivity index (χ3v) is 10.9. The van der Waals surface area contributed by atoms with Crippen LogP contribution in [0.25, 0.3) is 6.08 Å². The Kier molecular flexibility index (Phi) is 10.3. The molecular weight excluding hydrogens is 640 g/mol. The lowest BCUT2D eigenvalue weighted by molar-refractivity contribution is -0.197. The Morgan fingerprint density at radius 3 is 2.08 bits per heavy atom. The van der Waals surface area contributed by atoms with Crippen molar-refractivity contribution in [2.24, 2.45) is 16.7 Å². The van der Waals surface area contributed by atoms with E-state index >= 15 is 0 Å². The molecule has 0 unspecified atom stereocenters. The highest BCUT2D eigenvalue weighted by Gasteiger charge is 2.69. The minimum Gasteiger partial charge on any atom is -0.462 e. The summed E-state index contributed by atoms with van der Waals surface area (Å²) in [5.74, 6) is -3.41. The summed E-state index contributed by atoms with van der Waals surface area (Å²) in [7, 11) is 0. The van der Waals surface area contributed by atoms with Crippen LogP contribution in [0.15, 0.2) is 90.0 Å². The van der Waals surface area contributed by atoms with Crippen molar-refractivity contribution in [2.75, 3.05) is 0 Å². The Morgan fingerprint density at radius 2 is 1.50 bits per heavy atom. The number of esters is 4. The first-order chi connectivity index (χ1) is 23.5. The second kappa shape index (κ2) is 14.0. The highest BCUT2D eigenvalue weighted by atomic mass is 16.6. The summed E-state index contributed by atoms with van der Waals surface area (Å²) in [6, 6.07) is 17.5. The van der Waals surface area contributed by atoms with E-state index in [0.29, 0.717) is 16.7 Å². The predicted octanol–water partition coefficient (Wildman–Crippen LogP) is 5.53. The molecule has 3 aliphatic carbocycles. The average Bonchev–Trinajstić information content (AvgIpc) is 3.27. The molecule has 0 bridgehead atoms. The largest absolute Gasteiger partial charge is 0.462 e. The fourth-order valence-corrected chi connectivity index (χ4v) is 8.33. The van der Waals surface area contributed by atoms with Gasteiger partial charge in [0.25, 0.3) is 0 Å². The van der Waals surface area contributed by atoms with Crippen molar-refractivity contribution in [1.29, 1.82) is 0 Å². The summed E-state index contributed by atoms with van der Waals surface area (Å²) in [5.41, 5.74) is -1.70. The van der Waals surface area contributed by atoms with Gasteiger partial charge in [-0.3, -0.25) is 9.59 Å². The van der Waals surface area contributed by atoms with Gasteiger partial charge in [0.1, 0.15) is 12.2 Å². The Bertz CT molecular complexity index is 1700. The fourth-order valence-electron chi connectivity index (χ4n) is 8.33. The van der Waals surface area contributed by atoms with Crippen LogP contribution >= 0.6 is 0 Å². The molecule has 10 heteroatoms. The molecule has 266 valence electrons. The maximum Gasteiger partial charge on any atom is 0.338 e. The summed E-state index contributed by atoms with van der Waals surface area (Å²) in [5, 5.41) is 23.5. The van der Waals surface area contributed by atoms with Gasteiger partial charge in [0.05, 0.1) is 22.7 Å². The van der Waals surface area contributed by atoms with Crippen LogP contribution in [-0.4, -0.2) is 70.2 Å². The molecule has 2 aromatic carbocycles. The van der Waals surface area contributed by atoms with E-state index in [2.05, 4.69) is 6.58 Å². The molecule has 3 aliphatic rings. The lowest BCUT2D eigenvalue weighted by Gasteiger charge is -2.53. The molecule has 10 nitrogen and oxygen atoms in total. The zero-order chi connectivity index (χ0) is 36.6. The number of fused-ring (bicyclic) bond motifs is 2. The standard InChI is InChI=1S/C40H46O10/c1-23-29-21-40(38(5,6)46)22-30(43)24(2)34(40)35(50-37(45)28-16-12-9-13-17-28)36(48-26(4)42)39(29,7)32(47-25(3)41)20-31(23)49-33(44)19-18-27-14-10-8-11-15-27/h8-19,29-32,35-36,43,46H,1,20-22H2,2-7H3/t29-,30+,31-,32+,35-,36+,39-,40+/m1/s1. The van der Waals surface area contributed by atoms with E-state index in [9.17, 15) is 29.4 Å². The van der Waals surface area contributed by atoms with Crippen LogP contribution in [0.5, 0.6) is 0 Å². The highest BCUT2D eigenvalue weighted by molar-refractivity contribution is 5.90. The van der Waals surface area contributed by atoms with Crippen molar-refractivity contribution in [3.8, 4) is 0 Å². The Morgan fingerprint density at radius 1 is 0.900 bits per heavy atom. The summed E-state index contributed by atoms with van der Waals surface area (Å²) in [6.45, 7) is 13.6. The zero-order valence-electron chi connectivity index (χ0n) is 29.4. The second-order valence-corrected chi connectivity index (χ2v) is 14.4. The molecule has 2 saturated carbocycles. The Labute approximate surface area is 292 Å². The van der Waals surface area contributed by atoms with Crippen molar-refractivity contribution < 1.29 is 48.3 Å². The minimum atomic E-state index is -1.52. The summed E-state index contributed by atoms with van der Waals surface area (Å²) in [4.78, 5) is 52.8. The number of benzene rings is 2. The molecule has 0 spiro atoms. The van der Waals surface area contributed by atoms with E-state index in [1.54, 1.807) is 64.1 Å². The number of aliphatic hydroxyl groups excluding tert-OH is 1. The van der Waals surface area contributed by atoms with Gasteiger partial charge in [0.2, 0.25) is 0 Å². The van der Waals surface area contributed by atoms with Crippen LogP contribution in [0.3, 0.4) is 0 Å². The van der Waals surface area contributed by atoms with E-state index in [4.69, 9.17) is 18.9 Å². The fraction of sp³-hybridized carbons (Fsp3) is 0.450. The molecule has 2 N–H and O–H groups in total. The smallest absolute Gasteiger partial charge is 0.338 e. The third-order valence-electron chi connectivity index (χ3n) is 10.9. The van der Waals surface area contributed by atoms with Gasteiger partial charge in [-0.1, -0.05) is 62.0 Å². The topological polar surface area (TPSA) is 146 Å². The van der Waals surface area contributed by atoms with Gasteiger partial charge in [0, 0.05) is 31.8 Å². The van der Waals surface area contributed by atoms with E-state index < -0.39 is 76.7 Å². The molecule has 0 heterocycles. The molecule has 2 aromatic rings. The first-order valence-corrected chi connectivity index (χ1v) is 16.8. The van der Waals surface area contributed by atoms with Crippen LogP contribution in [0.1, 0.15) is 76.7 Å². The number of ether oxygens (including phenoxy) is 4. The number of hydrogen-bond donors (Lipinski definition) is 2. The van der Waals surface area contributed by atoms with Gasteiger partial charge < -0.3 is 29.2 Å². The first-order valence-electron chi connectivity index (χ1n) is 16.8. The maximum absolute atomic E-state index is 13.8.